The molecule has 1 aliphatic heterocycles. The average molecular weight is 534 g/mol. The van der Waals surface area contributed by atoms with Crippen LogP contribution in [0.5, 0.6) is 0 Å². The summed E-state index contributed by atoms with van der Waals surface area (Å²) in [7, 11) is 0. The summed E-state index contributed by atoms with van der Waals surface area (Å²) in [6, 6.07) is 13.8. The Balaban J connectivity index is 1.44. The van der Waals surface area contributed by atoms with Crippen molar-refractivity contribution in [2.24, 2.45) is 0 Å². The van der Waals surface area contributed by atoms with Gasteiger partial charge in [-0.15, -0.1) is 0 Å². The van der Waals surface area contributed by atoms with Crippen LogP contribution in [0.4, 0.5) is 29.3 Å². The molecule has 198 valence electrons. The second-order valence-corrected chi connectivity index (χ2v) is 9.02. The van der Waals surface area contributed by atoms with Gasteiger partial charge in [0, 0.05) is 54.2 Å². The molecule has 5 rings (SSSR count). The van der Waals surface area contributed by atoms with Crippen molar-refractivity contribution in [1.82, 2.24) is 19.7 Å². The van der Waals surface area contributed by atoms with E-state index in [1.54, 1.807) is 41.6 Å². The van der Waals surface area contributed by atoms with Gasteiger partial charge in [-0.05, 0) is 53.1 Å². The number of amides is 2. The number of rotatable bonds is 5. The predicted molar refractivity (Wildman–Crippen MR) is 140 cm³/mol. The SMILES string of the molecule is N=Cc1cc(-c2cc(-c3ccc(NC(=O)N4Cc5ccncc5C4)cc3)nn(CC(F)(F)F)c2=O)ccc1N. The van der Waals surface area contributed by atoms with Crippen molar-refractivity contribution in [3.05, 3.63) is 94.0 Å². The van der Waals surface area contributed by atoms with Gasteiger partial charge in [0.05, 0.1) is 11.3 Å². The van der Waals surface area contributed by atoms with Gasteiger partial charge in [-0.3, -0.25) is 9.78 Å². The highest BCUT2D eigenvalue weighted by molar-refractivity contribution is 5.90. The van der Waals surface area contributed by atoms with Crippen LogP contribution in [-0.4, -0.2) is 38.1 Å². The maximum Gasteiger partial charge on any atom is 0.408 e. The summed E-state index contributed by atoms with van der Waals surface area (Å²) >= 11 is 0. The van der Waals surface area contributed by atoms with Crippen molar-refractivity contribution in [1.29, 1.82) is 5.41 Å². The van der Waals surface area contributed by atoms with Gasteiger partial charge >= 0.3 is 12.2 Å². The van der Waals surface area contributed by atoms with Crippen LogP contribution >= 0.6 is 0 Å². The molecule has 0 saturated heterocycles. The molecule has 39 heavy (non-hydrogen) atoms. The first kappa shape index (κ1) is 25.6. The zero-order chi connectivity index (χ0) is 27.7. The van der Waals surface area contributed by atoms with Crippen LogP contribution in [0.1, 0.15) is 16.7 Å². The van der Waals surface area contributed by atoms with E-state index in [9.17, 15) is 22.8 Å². The molecule has 0 unspecified atom stereocenters. The number of pyridine rings is 1. The maximum absolute atomic E-state index is 13.3. The van der Waals surface area contributed by atoms with E-state index in [1.165, 1.54) is 24.3 Å². The second-order valence-electron chi connectivity index (χ2n) is 9.02. The van der Waals surface area contributed by atoms with Gasteiger partial charge in [0.1, 0.15) is 6.54 Å². The maximum atomic E-state index is 13.3. The Labute approximate surface area is 220 Å². The lowest BCUT2D eigenvalue weighted by atomic mass is 10.0. The number of anilines is 2. The van der Waals surface area contributed by atoms with E-state index in [0.717, 1.165) is 17.3 Å². The lowest BCUT2D eigenvalue weighted by Crippen LogP contribution is -2.31. The topological polar surface area (TPSA) is 130 Å². The summed E-state index contributed by atoms with van der Waals surface area (Å²) in [5.41, 5.74) is 8.86. The number of hydrogen-bond acceptors (Lipinski definition) is 6. The summed E-state index contributed by atoms with van der Waals surface area (Å²) in [5.74, 6) is 0. The first-order chi connectivity index (χ1) is 18.6. The number of halogens is 3. The molecule has 4 N–H and O–H groups in total. The molecule has 12 heteroatoms. The number of aromatic nitrogens is 3. The van der Waals surface area contributed by atoms with Crippen molar-refractivity contribution in [2.45, 2.75) is 25.8 Å². The van der Waals surface area contributed by atoms with E-state index in [4.69, 9.17) is 11.1 Å². The number of carbonyl (C=O) groups is 1. The number of nitrogen functional groups attached to an aromatic ring is 1. The molecular formula is C27H22F3N7O2. The minimum Gasteiger partial charge on any atom is -0.398 e. The minimum absolute atomic E-state index is 0.0205. The summed E-state index contributed by atoms with van der Waals surface area (Å²) < 4.78 is 40.1. The Hall–Kier alpha value is -5.00. The predicted octanol–water partition coefficient (Wildman–Crippen LogP) is 4.66. The van der Waals surface area contributed by atoms with Crippen LogP contribution in [0.15, 0.2) is 71.8 Å². The van der Waals surface area contributed by atoms with Gasteiger partial charge in [0.15, 0.2) is 0 Å². The number of benzene rings is 2. The normalized spacial score (nSPS) is 12.7. The number of nitrogens with two attached hydrogens (primary N) is 1. The van der Waals surface area contributed by atoms with Gasteiger partial charge in [-0.2, -0.15) is 18.3 Å². The van der Waals surface area contributed by atoms with Crippen LogP contribution in [-0.2, 0) is 19.6 Å². The number of nitrogens with one attached hydrogen (secondary N) is 2. The Morgan fingerprint density at radius 2 is 1.77 bits per heavy atom. The molecule has 0 atom stereocenters. The molecule has 0 saturated carbocycles. The molecular weight excluding hydrogens is 511 g/mol. The molecule has 2 amide bonds. The standard InChI is InChI=1S/C27H22F3N7O2/c28-27(29,30)15-37-25(38)22(17-3-6-23(32)19(9-17)11-31)10-24(35-37)16-1-4-21(5-2-16)34-26(39)36-13-18-7-8-33-12-20(18)14-36/h1-12,31H,13-15,32H2,(H,34,39). The minimum atomic E-state index is -4.67. The van der Waals surface area contributed by atoms with E-state index >= 15 is 0 Å². The average Bonchev–Trinajstić information content (AvgIpc) is 3.35. The van der Waals surface area contributed by atoms with E-state index in [-0.39, 0.29) is 17.3 Å². The molecule has 0 bridgehead atoms. The number of hydrogen-bond donors (Lipinski definition) is 3. The lowest BCUT2D eigenvalue weighted by molar-refractivity contribution is -0.143. The van der Waals surface area contributed by atoms with Crippen LogP contribution in [0.3, 0.4) is 0 Å². The van der Waals surface area contributed by atoms with Crippen molar-refractivity contribution in [3.63, 3.8) is 0 Å². The zero-order valence-electron chi connectivity index (χ0n) is 20.4. The van der Waals surface area contributed by atoms with Gasteiger partial charge in [0.2, 0.25) is 0 Å². The van der Waals surface area contributed by atoms with E-state index in [0.29, 0.717) is 45.8 Å². The summed E-state index contributed by atoms with van der Waals surface area (Å²) in [6.07, 6.45) is -0.267. The van der Waals surface area contributed by atoms with Gasteiger partial charge in [-0.1, -0.05) is 18.2 Å². The monoisotopic (exact) mass is 533 g/mol. The molecule has 0 radical (unpaired) electrons. The number of nitrogens with zero attached hydrogens (tertiary/aromatic N) is 4. The Morgan fingerprint density at radius 1 is 1.05 bits per heavy atom. The van der Waals surface area contributed by atoms with Crippen molar-refractivity contribution in [2.75, 3.05) is 11.1 Å². The third-order valence-electron chi connectivity index (χ3n) is 6.30. The smallest absolute Gasteiger partial charge is 0.398 e. The molecule has 3 heterocycles. The quantitative estimate of drug-likeness (QED) is 0.254. The molecule has 2 aromatic heterocycles. The van der Waals surface area contributed by atoms with Crippen molar-refractivity contribution >= 4 is 23.6 Å². The molecule has 1 aliphatic rings. The number of urea groups is 1. The first-order valence-corrected chi connectivity index (χ1v) is 11.8. The highest BCUT2D eigenvalue weighted by atomic mass is 19.4. The Morgan fingerprint density at radius 3 is 2.46 bits per heavy atom. The van der Waals surface area contributed by atoms with E-state index < -0.39 is 18.3 Å². The van der Waals surface area contributed by atoms with Crippen LogP contribution in [0.25, 0.3) is 22.4 Å². The summed E-state index contributed by atoms with van der Waals surface area (Å²) in [4.78, 5) is 31.4. The fourth-order valence-electron chi connectivity index (χ4n) is 4.32. The zero-order valence-corrected chi connectivity index (χ0v) is 20.4. The fraction of sp³-hybridized carbons (Fsp3) is 0.148. The van der Waals surface area contributed by atoms with Gasteiger partial charge in [-0.25, -0.2) is 9.48 Å². The number of fused-ring (bicyclic) bond motifs is 1. The molecule has 9 nitrogen and oxygen atoms in total. The summed E-state index contributed by atoms with van der Waals surface area (Å²) in [6.45, 7) is -0.674. The van der Waals surface area contributed by atoms with E-state index in [2.05, 4.69) is 15.4 Å². The molecule has 0 spiro atoms. The third-order valence-corrected chi connectivity index (χ3v) is 6.30. The third kappa shape index (κ3) is 5.49. The fourth-order valence-corrected chi connectivity index (χ4v) is 4.32. The molecule has 4 aromatic rings. The summed E-state index contributed by atoms with van der Waals surface area (Å²) in [5, 5.41) is 14.3. The van der Waals surface area contributed by atoms with Gasteiger partial charge < -0.3 is 21.4 Å². The van der Waals surface area contributed by atoms with Crippen molar-refractivity contribution < 1.29 is 18.0 Å². The van der Waals surface area contributed by atoms with Crippen molar-refractivity contribution in [3.8, 4) is 22.4 Å². The number of alkyl halides is 3. The highest BCUT2D eigenvalue weighted by Gasteiger charge is 2.30. The highest BCUT2D eigenvalue weighted by Crippen LogP contribution is 2.27. The van der Waals surface area contributed by atoms with Crippen LogP contribution in [0, 0.1) is 5.41 Å². The molecule has 2 aromatic carbocycles. The largest absolute Gasteiger partial charge is 0.408 e. The first-order valence-electron chi connectivity index (χ1n) is 11.8. The Kier molecular flexibility index (Phi) is 6.60. The van der Waals surface area contributed by atoms with Crippen LogP contribution in [0.2, 0.25) is 0 Å². The second kappa shape index (κ2) is 10.0. The van der Waals surface area contributed by atoms with Gasteiger partial charge in [0.25, 0.3) is 5.56 Å². The number of carbonyl (C=O) groups excluding carboxylic acids is 1. The molecule has 0 fully saturated rings. The van der Waals surface area contributed by atoms with E-state index in [1.807, 2.05) is 6.07 Å². The Bertz CT molecular complexity index is 1610. The van der Waals surface area contributed by atoms with Crippen LogP contribution < -0.4 is 16.6 Å². The lowest BCUT2D eigenvalue weighted by Gasteiger charge is -2.17. The molecule has 0 aliphatic carbocycles.